The zero-order valence-corrected chi connectivity index (χ0v) is 13.9. The summed E-state index contributed by atoms with van der Waals surface area (Å²) in [6, 6.07) is 8.16. The van der Waals surface area contributed by atoms with E-state index in [-0.39, 0.29) is 6.04 Å². The molecule has 1 N–H and O–H groups in total. The molecule has 1 unspecified atom stereocenters. The molecule has 1 atom stereocenters. The molecule has 0 aliphatic carbocycles. The van der Waals surface area contributed by atoms with Crippen LogP contribution < -0.4 is 5.32 Å². The third-order valence-corrected chi connectivity index (χ3v) is 4.15. The van der Waals surface area contributed by atoms with E-state index >= 15 is 0 Å². The molecule has 112 valence electrons. The highest BCUT2D eigenvalue weighted by molar-refractivity contribution is 9.10. The molecule has 0 amide bonds. The maximum Gasteiger partial charge on any atom is 0.131 e. The molecule has 0 fully saturated rings. The summed E-state index contributed by atoms with van der Waals surface area (Å²) in [6.07, 6.45) is 0. The summed E-state index contributed by atoms with van der Waals surface area (Å²) in [7, 11) is 0. The van der Waals surface area contributed by atoms with Crippen LogP contribution in [0.25, 0.3) is 0 Å². The van der Waals surface area contributed by atoms with Crippen LogP contribution in [0, 0.1) is 25.5 Å². The van der Waals surface area contributed by atoms with Crippen LogP contribution in [-0.2, 0) is 0 Å². The van der Waals surface area contributed by atoms with Gasteiger partial charge in [-0.05, 0) is 49.2 Å². The molecule has 0 heterocycles. The van der Waals surface area contributed by atoms with Crippen molar-refractivity contribution in [2.45, 2.75) is 26.8 Å². The van der Waals surface area contributed by atoms with Crippen molar-refractivity contribution in [2.24, 2.45) is 0 Å². The zero-order chi connectivity index (χ0) is 15.6. The van der Waals surface area contributed by atoms with Crippen molar-refractivity contribution in [2.75, 3.05) is 6.54 Å². The van der Waals surface area contributed by atoms with E-state index in [4.69, 9.17) is 0 Å². The van der Waals surface area contributed by atoms with Crippen LogP contribution in [0.5, 0.6) is 0 Å². The Hall–Kier alpha value is -1.26. The van der Waals surface area contributed by atoms with Gasteiger partial charge in [-0.15, -0.1) is 0 Å². The molecule has 0 aromatic heterocycles. The topological polar surface area (TPSA) is 12.0 Å². The molecule has 0 aliphatic heterocycles. The van der Waals surface area contributed by atoms with Crippen LogP contribution in [0.2, 0.25) is 0 Å². The van der Waals surface area contributed by atoms with Gasteiger partial charge in [-0.1, -0.05) is 35.0 Å². The van der Waals surface area contributed by atoms with Gasteiger partial charge in [0.1, 0.15) is 11.6 Å². The standard InChI is InChI=1S/C17H18BrF2N/c1-4-21-17(12-6-5-10(2)7-14(12)18)13-8-11(3)15(19)9-16(13)20/h5-9,17,21H,4H2,1-3H3. The summed E-state index contributed by atoms with van der Waals surface area (Å²) in [5.74, 6) is -1.05. The van der Waals surface area contributed by atoms with Gasteiger partial charge >= 0.3 is 0 Å². The minimum atomic E-state index is -0.531. The van der Waals surface area contributed by atoms with E-state index in [0.717, 1.165) is 21.7 Å². The summed E-state index contributed by atoms with van der Waals surface area (Å²) in [4.78, 5) is 0. The highest BCUT2D eigenvalue weighted by Crippen LogP contribution is 2.31. The van der Waals surface area contributed by atoms with Gasteiger partial charge in [0.25, 0.3) is 0 Å². The van der Waals surface area contributed by atoms with Crippen molar-refractivity contribution in [3.05, 3.63) is 68.7 Å². The Balaban J connectivity index is 2.55. The van der Waals surface area contributed by atoms with Gasteiger partial charge in [0.05, 0.1) is 6.04 Å². The second-order valence-corrected chi connectivity index (χ2v) is 5.99. The van der Waals surface area contributed by atoms with Crippen LogP contribution in [0.4, 0.5) is 8.78 Å². The minimum Gasteiger partial charge on any atom is -0.306 e. The lowest BCUT2D eigenvalue weighted by Crippen LogP contribution is -2.23. The van der Waals surface area contributed by atoms with E-state index in [9.17, 15) is 8.78 Å². The molecule has 0 radical (unpaired) electrons. The smallest absolute Gasteiger partial charge is 0.131 e. The molecular weight excluding hydrogens is 336 g/mol. The second-order valence-electron chi connectivity index (χ2n) is 5.14. The quantitative estimate of drug-likeness (QED) is 0.811. The fourth-order valence-corrected chi connectivity index (χ4v) is 3.08. The Bertz CT molecular complexity index is 655. The number of aryl methyl sites for hydroxylation is 2. The Morgan fingerprint density at radius 2 is 1.76 bits per heavy atom. The molecule has 1 nitrogen and oxygen atoms in total. The molecule has 0 saturated heterocycles. The van der Waals surface area contributed by atoms with Crippen molar-refractivity contribution < 1.29 is 8.78 Å². The van der Waals surface area contributed by atoms with Gasteiger partial charge in [-0.25, -0.2) is 8.78 Å². The first-order chi connectivity index (χ1) is 9.93. The molecule has 0 bridgehead atoms. The Morgan fingerprint density at radius 1 is 1.05 bits per heavy atom. The number of hydrogen-bond acceptors (Lipinski definition) is 1. The fraction of sp³-hybridized carbons (Fsp3) is 0.294. The van der Waals surface area contributed by atoms with Gasteiger partial charge in [0.15, 0.2) is 0 Å². The molecule has 4 heteroatoms. The second kappa shape index (κ2) is 6.67. The summed E-state index contributed by atoms with van der Waals surface area (Å²) in [5.41, 5.74) is 2.96. The highest BCUT2D eigenvalue weighted by atomic mass is 79.9. The third-order valence-electron chi connectivity index (χ3n) is 3.46. The summed E-state index contributed by atoms with van der Waals surface area (Å²) < 4.78 is 28.6. The summed E-state index contributed by atoms with van der Waals surface area (Å²) >= 11 is 3.54. The van der Waals surface area contributed by atoms with Crippen LogP contribution in [-0.4, -0.2) is 6.54 Å². The first kappa shape index (κ1) is 16.1. The van der Waals surface area contributed by atoms with Crippen LogP contribution in [0.1, 0.15) is 35.2 Å². The summed E-state index contributed by atoms with van der Waals surface area (Å²) in [6.45, 7) is 6.29. The normalized spacial score (nSPS) is 12.5. The van der Waals surface area contributed by atoms with E-state index in [2.05, 4.69) is 21.2 Å². The van der Waals surface area contributed by atoms with Crippen molar-refractivity contribution in [3.8, 4) is 0 Å². The van der Waals surface area contributed by atoms with Crippen molar-refractivity contribution >= 4 is 15.9 Å². The Labute approximate surface area is 132 Å². The first-order valence-corrected chi connectivity index (χ1v) is 7.68. The number of benzene rings is 2. The SMILES string of the molecule is CCNC(c1cc(C)c(F)cc1F)c1ccc(C)cc1Br. The Kier molecular flexibility index (Phi) is 5.12. The lowest BCUT2D eigenvalue weighted by Gasteiger charge is -2.22. The maximum absolute atomic E-state index is 14.2. The molecule has 0 spiro atoms. The van der Waals surface area contributed by atoms with E-state index in [1.54, 1.807) is 13.0 Å². The lowest BCUT2D eigenvalue weighted by atomic mass is 9.95. The summed E-state index contributed by atoms with van der Waals surface area (Å²) in [5, 5.41) is 3.27. The van der Waals surface area contributed by atoms with E-state index in [1.165, 1.54) is 0 Å². The van der Waals surface area contributed by atoms with Crippen molar-refractivity contribution in [3.63, 3.8) is 0 Å². The first-order valence-electron chi connectivity index (χ1n) is 6.89. The predicted octanol–water partition coefficient (Wildman–Crippen LogP) is 5.04. The monoisotopic (exact) mass is 353 g/mol. The van der Waals surface area contributed by atoms with Gasteiger partial charge in [0, 0.05) is 16.1 Å². The van der Waals surface area contributed by atoms with Gasteiger partial charge < -0.3 is 5.32 Å². The zero-order valence-electron chi connectivity index (χ0n) is 12.3. The highest BCUT2D eigenvalue weighted by Gasteiger charge is 2.20. The molecule has 2 aromatic rings. The number of halogens is 3. The molecule has 0 saturated carbocycles. The van der Waals surface area contributed by atoms with Crippen LogP contribution in [0.3, 0.4) is 0 Å². The Morgan fingerprint density at radius 3 is 2.38 bits per heavy atom. The number of nitrogens with one attached hydrogen (secondary N) is 1. The van der Waals surface area contributed by atoms with Crippen molar-refractivity contribution in [1.29, 1.82) is 0 Å². The van der Waals surface area contributed by atoms with Crippen LogP contribution >= 0.6 is 15.9 Å². The van der Waals surface area contributed by atoms with Crippen molar-refractivity contribution in [1.82, 2.24) is 5.32 Å². The molecule has 0 aliphatic rings. The molecular formula is C17H18BrF2N. The van der Waals surface area contributed by atoms with Gasteiger partial charge in [-0.2, -0.15) is 0 Å². The lowest BCUT2D eigenvalue weighted by molar-refractivity contribution is 0.537. The van der Waals surface area contributed by atoms with E-state index < -0.39 is 11.6 Å². The van der Waals surface area contributed by atoms with Crippen LogP contribution in [0.15, 0.2) is 34.8 Å². The third kappa shape index (κ3) is 3.50. The van der Waals surface area contributed by atoms with E-state index in [0.29, 0.717) is 17.7 Å². The molecule has 2 rings (SSSR count). The van der Waals surface area contributed by atoms with E-state index in [1.807, 2.05) is 32.0 Å². The van der Waals surface area contributed by atoms with Gasteiger partial charge in [0.2, 0.25) is 0 Å². The average molecular weight is 354 g/mol. The predicted molar refractivity (Wildman–Crippen MR) is 85.5 cm³/mol. The fourth-order valence-electron chi connectivity index (χ4n) is 2.36. The molecule has 21 heavy (non-hydrogen) atoms. The largest absolute Gasteiger partial charge is 0.306 e. The molecule has 2 aromatic carbocycles. The average Bonchev–Trinajstić information content (AvgIpc) is 2.41. The number of hydrogen-bond donors (Lipinski definition) is 1. The maximum atomic E-state index is 14.2. The minimum absolute atomic E-state index is 0.315. The number of rotatable bonds is 4. The van der Waals surface area contributed by atoms with Gasteiger partial charge in [-0.3, -0.25) is 0 Å².